The first kappa shape index (κ1) is 18.9. The number of benzene rings is 1. The third-order valence-electron chi connectivity index (χ3n) is 3.45. The van der Waals surface area contributed by atoms with Gasteiger partial charge in [-0.15, -0.1) is 0 Å². The van der Waals surface area contributed by atoms with Gasteiger partial charge in [0.15, 0.2) is 6.61 Å². The predicted molar refractivity (Wildman–Crippen MR) is 93.6 cm³/mol. The molecule has 0 saturated heterocycles. The van der Waals surface area contributed by atoms with Crippen molar-refractivity contribution in [1.82, 2.24) is 9.55 Å². The van der Waals surface area contributed by atoms with Crippen LogP contribution < -0.4 is 4.74 Å². The number of hydrogen-bond acceptors (Lipinski definition) is 6. The van der Waals surface area contributed by atoms with Crippen LogP contribution in [0.1, 0.15) is 0 Å². The molecule has 0 spiro atoms. The van der Waals surface area contributed by atoms with Crippen LogP contribution in [0.15, 0.2) is 18.2 Å². The molecule has 0 aliphatic rings. The molecular formula is C15H21N3O6Si. The third-order valence-corrected chi connectivity index (χ3v) is 5.15. The number of imidazole rings is 1. The molecule has 2 aromatic rings. The quantitative estimate of drug-likeness (QED) is 0.313. The molecule has 2 rings (SSSR count). The molecule has 1 heterocycles. The van der Waals surface area contributed by atoms with E-state index in [1.807, 2.05) is 0 Å². The first-order valence-corrected chi connectivity index (χ1v) is 11.4. The largest absolute Gasteiger partial charge is 0.479 e. The molecule has 25 heavy (non-hydrogen) atoms. The van der Waals surface area contributed by atoms with E-state index in [9.17, 15) is 14.9 Å². The van der Waals surface area contributed by atoms with Crippen LogP contribution >= 0.6 is 0 Å². The van der Waals surface area contributed by atoms with Crippen molar-refractivity contribution >= 4 is 30.8 Å². The van der Waals surface area contributed by atoms with Gasteiger partial charge in [0.1, 0.15) is 6.73 Å². The molecule has 0 bridgehead atoms. The fraction of sp³-hybridized carbons (Fsp3) is 0.467. The highest BCUT2D eigenvalue weighted by Crippen LogP contribution is 2.25. The first-order valence-electron chi connectivity index (χ1n) is 7.74. The van der Waals surface area contributed by atoms with E-state index in [4.69, 9.17) is 14.6 Å². The minimum atomic E-state index is -1.23. The number of carbonyl (C=O) groups is 1. The van der Waals surface area contributed by atoms with E-state index >= 15 is 0 Å². The zero-order valence-corrected chi connectivity index (χ0v) is 15.4. The predicted octanol–water partition coefficient (Wildman–Crippen LogP) is 2.72. The van der Waals surface area contributed by atoms with Crippen LogP contribution in [-0.2, 0) is 16.3 Å². The van der Waals surface area contributed by atoms with Gasteiger partial charge in [-0.05, 0) is 12.1 Å². The normalized spacial score (nSPS) is 11.6. The Bertz CT molecular complexity index is 783. The zero-order chi connectivity index (χ0) is 18.6. The van der Waals surface area contributed by atoms with E-state index in [0.29, 0.717) is 17.6 Å². The Morgan fingerprint density at radius 1 is 1.40 bits per heavy atom. The van der Waals surface area contributed by atoms with Gasteiger partial charge in [0, 0.05) is 26.8 Å². The van der Waals surface area contributed by atoms with E-state index in [1.165, 1.54) is 12.1 Å². The van der Waals surface area contributed by atoms with Crippen LogP contribution in [-0.4, -0.2) is 46.8 Å². The lowest BCUT2D eigenvalue weighted by Gasteiger charge is -2.16. The lowest BCUT2D eigenvalue weighted by Crippen LogP contribution is -2.22. The van der Waals surface area contributed by atoms with E-state index in [2.05, 4.69) is 24.6 Å². The summed E-state index contributed by atoms with van der Waals surface area (Å²) < 4.78 is 12.5. The van der Waals surface area contributed by atoms with E-state index in [0.717, 1.165) is 6.04 Å². The van der Waals surface area contributed by atoms with Crippen LogP contribution in [0.3, 0.4) is 0 Å². The Morgan fingerprint density at radius 2 is 2.12 bits per heavy atom. The number of nitro benzene ring substituents is 1. The molecule has 0 aliphatic heterocycles. The molecule has 1 N–H and O–H groups in total. The van der Waals surface area contributed by atoms with E-state index in [1.54, 1.807) is 10.6 Å². The number of non-ortho nitro benzene ring substituents is 1. The summed E-state index contributed by atoms with van der Waals surface area (Å²) in [4.78, 5) is 25.3. The molecule has 136 valence electrons. The average molecular weight is 367 g/mol. The molecule has 0 radical (unpaired) electrons. The van der Waals surface area contributed by atoms with Gasteiger partial charge in [-0.25, -0.2) is 4.79 Å². The first-order chi connectivity index (χ1) is 11.7. The van der Waals surface area contributed by atoms with Gasteiger partial charge in [-0.3, -0.25) is 14.7 Å². The summed E-state index contributed by atoms with van der Waals surface area (Å²) in [6.07, 6.45) is 0. The summed E-state index contributed by atoms with van der Waals surface area (Å²) >= 11 is 0. The Labute approximate surface area is 145 Å². The molecule has 1 aromatic carbocycles. The number of ether oxygens (including phenoxy) is 2. The number of fused-ring (bicyclic) bond motifs is 1. The Kier molecular flexibility index (Phi) is 5.75. The van der Waals surface area contributed by atoms with Crippen LogP contribution in [0.5, 0.6) is 6.01 Å². The number of rotatable bonds is 9. The number of carboxylic acids is 1. The van der Waals surface area contributed by atoms with Crippen molar-refractivity contribution in [3.63, 3.8) is 0 Å². The van der Waals surface area contributed by atoms with Crippen molar-refractivity contribution in [2.45, 2.75) is 32.4 Å². The molecule has 0 unspecified atom stereocenters. The second-order valence-corrected chi connectivity index (χ2v) is 12.4. The van der Waals surface area contributed by atoms with Crippen LogP contribution in [0.2, 0.25) is 25.7 Å². The van der Waals surface area contributed by atoms with E-state index in [-0.39, 0.29) is 18.4 Å². The smallest absolute Gasteiger partial charge is 0.341 e. The monoisotopic (exact) mass is 367 g/mol. The van der Waals surface area contributed by atoms with E-state index < -0.39 is 25.6 Å². The summed E-state index contributed by atoms with van der Waals surface area (Å²) in [5.74, 6) is -1.13. The maximum Gasteiger partial charge on any atom is 0.341 e. The van der Waals surface area contributed by atoms with Crippen LogP contribution in [0.4, 0.5) is 5.69 Å². The lowest BCUT2D eigenvalue weighted by molar-refractivity contribution is -0.384. The fourth-order valence-corrected chi connectivity index (χ4v) is 2.86. The third kappa shape index (κ3) is 5.26. The van der Waals surface area contributed by atoms with Crippen LogP contribution in [0.25, 0.3) is 11.0 Å². The van der Waals surface area contributed by atoms with Gasteiger partial charge in [0.2, 0.25) is 0 Å². The number of aliphatic carboxylic acids is 1. The standard InChI is InChI=1S/C15H21N3O6Si/c1-25(2,3)7-6-23-10-17-13-5-4-11(18(21)22)8-12(13)16-15(17)24-9-14(19)20/h4-5,8H,6-7,9-10H2,1-3H3,(H,19,20). The van der Waals surface area contributed by atoms with Crippen molar-refractivity contribution in [3.8, 4) is 6.01 Å². The topological polar surface area (TPSA) is 117 Å². The minimum absolute atomic E-state index is 0.0610. The lowest BCUT2D eigenvalue weighted by atomic mass is 10.3. The number of carboxylic acid groups (broad SMARTS) is 1. The van der Waals surface area contributed by atoms with Gasteiger partial charge in [0.05, 0.1) is 16.0 Å². The van der Waals surface area contributed by atoms with Crippen molar-refractivity contribution in [2.75, 3.05) is 13.2 Å². The zero-order valence-electron chi connectivity index (χ0n) is 14.4. The summed E-state index contributed by atoms with van der Waals surface area (Å²) in [7, 11) is -1.23. The molecule has 0 atom stereocenters. The SMILES string of the molecule is C[Si](C)(C)CCOCn1c(OCC(=O)O)nc2cc([N+](=O)[O-])ccc21. The van der Waals surface area contributed by atoms with Gasteiger partial charge in [-0.1, -0.05) is 19.6 Å². The molecule has 10 heteroatoms. The van der Waals surface area contributed by atoms with Gasteiger partial charge >= 0.3 is 5.97 Å². The summed E-state index contributed by atoms with van der Waals surface area (Å²) in [6, 6.07) is 5.28. The van der Waals surface area contributed by atoms with Gasteiger partial charge < -0.3 is 14.6 Å². The van der Waals surface area contributed by atoms with Gasteiger partial charge in [0.25, 0.3) is 11.7 Å². The second kappa shape index (κ2) is 7.62. The van der Waals surface area contributed by atoms with Gasteiger partial charge in [-0.2, -0.15) is 4.98 Å². The molecule has 1 aromatic heterocycles. The molecule has 0 aliphatic carbocycles. The highest BCUT2D eigenvalue weighted by molar-refractivity contribution is 6.76. The number of aromatic nitrogens is 2. The summed E-state index contributed by atoms with van der Waals surface area (Å²) in [6.45, 7) is 6.87. The van der Waals surface area contributed by atoms with Crippen LogP contribution in [0, 0.1) is 10.1 Å². The average Bonchev–Trinajstić information content (AvgIpc) is 2.85. The molecule has 0 fully saturated rings. The number of nitro groups is 1. The van der Waals surface area contributed by atoms with Crippen molar-refractivity contribution in [1.29, 1.82) is 0 Å². The van der Waals surface area contributed by atoms with Crippen molar-refractivity contribution in [2.24, 2.45) is 0 Å². The van der Waals surface area contributed by atoms with Crippen molar-refractivity contribution < 1.29 is 24.3 Å². The Hall–Kier alpha value is -2.46. The molecule has 0 amide bonds. The summed E-state index contributed by atoms with van der Waals surface area (Å²) in [5.41, 5.74) is 0.837. The van der Waals surface area contributed by atoms with Crippen molar-refractivity contribution in [3.05, 3.63) is 28.3 Å². The highest BCUT2D eigenvalue weighted by Gasteiger charge is 2.17. The summed E-state index contributed by atoms with van der Waals surface area (Å²) in [5, 5.41) is 19.7. The second-order valence-electron chi connectivity index (χ2n) is 6.78. The number of hydrogen-bond donors (Lipinski definition) is 1. The maximum atomic E-state index is 10.9. The minimum Gasteiger partial charge on any atom is -0.479 e. The Balaban J connectivity index is 2.24. The molecular weight excluding hydrogens is 346 g/mol. The highest BCUT2D eigenvalue weighted by atomic mass is 28.3. The molecule has 9 nitrogen and oxygen atoms in total. The Morgan fingerprint density at radius 3 is 2.72 bits per heavy atom. The number of nitrogens with zero attached hydrogens (tertiary/aromatic N) is 3. The molecule has 0 saturated carbocycles. The fourth-order valence-electron chi connectivity index (χ4n) is 2.11. The maximum absolute atomic E-state index is 10.9.